The molecule has 2 aromatic carbocycles. The summed E-state index contributed by atoms with van der Waals surface area (Å²) < 4.78 is 21.4. The van der Waals surface area contributed by atoms with Gasteiger partial charge in [0.1, 0.15) is 5.82 Å². The Morgan fingerprint density at radius 1 is 0.974 bits per heavy atom. The normalized spacial score (nSPS) is 15.4. The molecule has 3 N–H and O–H groups in total. The average molecular weight is 577 g/mol. The largest absolute Gasteiger partial charge is 0.379 e. The number of aromatic nitrogens is 1. The minimum atomic E-state index is -2.74. The van der Waals surface area contributed by atoms with Crippen LogP contribution in [-0.4, -0.2) is 71.2 Å². The first-order valence-electron chi connectivity index (χ1n) is 11.8. The van der Waals surface area contributed by atoms with Crippen LogP contribution in [0.4, 0.5) is 11.5 Å². The Kier molecular flexibility index (Phi) is 9.37. The second kappa shape index (κ2) is 12.7. The van der Waals surface area contributed by atoms with Gasteiger partial charge in [0.25, 0.3) is 11.8 Å². The van der Waals surface area contributed by atoms with Crippen molar-refractivity contribution >= 4 is 62.1 Å². The maximum Gasteiger partial charge on any atom is 0.258 e. The van der Waals surface area contributed by atoms with Crippen molar-refractivity contribution in [2.24, 2.45) is 0 Å². The molecular formula is C26H27Cl2N5O4S. The Morgan fingerprint density at radius 3 is 2.37 bits per heavy atom. The summed E-state index contributed by atoms with van der Waals surface area (Å²) in [4.78, 5) is 32.6. The van der Waals surface area contributed by atoms with Gasteiger partial charge in [-0.25, -0.2) is 13.9 Å². The van der Waals surface area contributed by atoms with Crippen LogP contribution in [0.15, 0.2) is 65.7 Å². The molecule has 0 bridgehead atoms. The van der Waals surface area contributed by atoms with Gasteiger partial charge in [-0.2, -0.15) is 0 Å². The molecule has 1 fully saturated rings. The van der Waals surface area contributed by atoms with E-state index >= 15 is 0 Å². The number of amides is 2. The number of hydrogen-bond acceptors (Lipinski definition) is 6. The molecule has 12 heteroatoms. The van der Waals surface area contributed by atoms with E-state index in [9.17, 15) is 13.8 Å². The molecule has 1 aliphatic heterocycles. The Morgan fingerprint density at radius 2 is 1.68 bits per heavy atom. The molecule has 2 heterocycles. The fourth-order valence-corrected chi connectivity index (χ4v) is 5.19. The number of benzene rings is 2. The molecule has 1 saturated heterocycles. The van der Waals surface area contributed by atoms with Gasteiger partial charge in [-0.15, -0.1) is 0 Å². The first-order valence-corrected chi connectivity index (χ1v) is 14.3. The zero-order chi connectivity index (χ0) is 27.1. The number of nitrogens with zero attached hydrogens (tertiary/aromatic N) is 2. The predicted molar refractivity (Wildman–Crippen MR) is 152 cm³/mol. The number of rotatable bonds is 9. The maximum absolute atomic E-state index is 13.1. The highest BCUT2D eigenvalue weighted by Crippen LogP contribution is 2.23. The average Bonchev–Trinajstić information content (AvgIpc) is 2.91. The molecule has 4 rings (SSSR count). The van der Waals surface area contributed by atoms with Crippen LogP contribution in [0.3, 0.4) is 0 Å². The molecule has 0 saturated carbocycles. The molecule has 0 aliphatic carbocycles. The van der Waals surface area contributed by atoms with Crippen molar-refractivity contribution in [2.75, 3.05) is 50.0 Å². The number of carbonyl (C=O) groups is 2. The van der Waals surface area contributed by atoms with Crippen LogP contribution < -0.4 is 15.4 Å². The zero-order valence-electron chi connectivity index (χ0n) is 20.4. The molecule has 0 spiro atoms. The number of halogens is 2. The Bertz CT molecular complexity index is 1390. The summed E-state index contributed by atoms with van der Waals surface area (Å²) in [6.07, 6.45) is 1.41. The quantitative estimate of drug-likeness (QED) is 0.334. The standard InChI is InChI=1S/C26H27Cl2N5O4S/c1-38(36,30-10-11-33-12-14-37-15-13-33)21-6-2-18(3-7-21)25(34)31-23-8-4-19(27)16-22(23)26(35)32-24-9-5-20(28)17-29-24/h2-9,16-17H,1,10-15H2,(H,30,36)(H,31,34)(H,29,32,35). The number of ether oxygens (including phenoxy) is 1. The second-order valence-electron chi connectivity index (χ2n) is 8.51. The highest BCUT2D eigenvalue weighted by molar-refractivity contribution is 7.98. The van der Waals surface area contributed by atoms with E-state index in [0.29, 0.717) is 46.1 Å². The van der Waals surface area contributed by atoms with E-state index in [1.807, 2.05) is 0 Å². The third-order valence-corrected chi connectivity index (χ3v) is 7.97. The lowest BCUT2D eigenvalue weighted by Gasteiger charge is -2.26. The fraction of sp³-hybridized carbons (Fsp3) is 0.231. The van der Waals surface area contributed by atoms with Crippen LogP contribution in [0.5, 0.6) is 0 Å². The van der Waals surface area contributed by atoms with E-state index in [1.165, 1.54) is 12.3 Å². The van der Waals surface area contributed by atoms with Gasteiger partial charge in [0.15, 0.2) is 0 Å². The summed E-state index contributed by atoms with van der Waals surface area (Å²) in [5.74, 6) is 3.18. The van der Waals surface area contributed by atoms with Crippen molar-refractivity contribution < 1.29 is 18.5 Å². The predicted octanol–water partition coefficient (Wildman–Crippen LogP) is 3.81. The van der Waals surface area contributed by atoms with E-state index in [-0.39, 0.29) is 11.3 Å². The van der Waals surface area contributed by atoms with Crippen LogP contribution in [0.1, 0.15) is 20.7 Å². The summed E-state index contributed by atoms with van der Waals surface area (Å²) in [5, 5.41) is 6.15. The molecule has 9 nitrogen and oxygen atoms in total. The molecule has 3 aromatic rings. The second-order valence-corrected chi connectivity index (χ2v) is 11.5. The molecule has 2 amide bonds. The monoisotopic (exact) mass is 575 g/mol. The number of carbonyl (C=O) groups excluding carboxylic acids is 2. The van der Waals surface area contributed by atoms with Gasteiger partial charge in [-0.05, 0) is 60.5 Å². The van der Waals surface area contributed by atoms with Crippen molar-refractivity contribution in [3.8, 4) is 0 Å². The summed E-state index contributed by atoms with van der Waals surface area (Å²) in [6, 6.07) is 14.0. The van der Waals surface area contributed by atoms with Crippen molar-refractivity contribution in [1.82, 2.24) is 14.6 Å². The molecule has 1 aliphatic rings. The molecule has 0 radical (unpaired) electrons. The smallest absolute Gasteiger partial charge is 0.258 e. The molecule has 1 aromatic heterocycles. The molecule has 1 atom stereocenters. The number of morpholine rings is 1. The molecule has 200 valence electrons. The number of anilines is 2. The van der Waals surface area contributed by atoms with Crippen molar-refractivity contribution in [1.29, 1.82) is 0 Å². The number of pyridine rings is 1. The third kappa shape index (κ3) is 7.53. The van der Waals surface area contributed by atoms with Crippen LogP contribution in [0.2, 0.25) is 10.0 Å². The highest BCUT2D eigenvalue weighted by Gasteiger charge is 2.17. The Hall–Kier alpha value is -2.99. The summed E-state index contributed by atoms with van der Waals surface area (Å²) in [7, 11) is -2.74. The van der Waals surface area contributed by atoms with Gasteiger partial charge in [0, 0.05) is 47.9 Å². The van der Waals surface area contributed by atoms with Gasteiger partial charge in [0.2, 0.25) is 0 Å². The molecule has 1 unspecified atom stereocenters. The topological polar surface area (TPSA) is 113 Å². The van der Waals surface area contributed by atoms with Gasteiger partial charge >= 0.3 is 0 Å². The minimum absolute atomic E-state index is 0.157. The van der Waals surface area contributed by atoms with E-state index < -0.39 is 21.5 Å². The highest BCUT2D eigenvalue weighted by atomic mass is 35.5. The summed E-state index contributed by atoms with van der Waals surface area (Å²) in [6.45, 7) is 4.34. The minimum Gasteiger partial charge on any atom is -0.379 e. The maximum atomic E-state index is 13.1. The fourth-order valence-electron chi connectivity index (χ4n) is 3.74. The number of hydrogen-bond donors (Lipinski definition) is 3. The van der Waals surface area contributed by atoms with Crippen LogP contribution in [0.25, 0.3) is 0 Å². The van der Waals surface area contributed by atoms with E-state index in [1.54, 1.807) is 48.5 Å². The van der Waals surface area contributed by atoms with Gasteiger partial charge in [-0.1, -0.05) is 23.2 Å². The van der Waals surface area contributed by atoms with Crippen LogP contribution in [-0.2, 0) is 14.4 Å². The van der Waals surface area contributed by atoms with Gasteiger partial charge in [0.05, 0.1) is 39.2 Å². The van der Waals surface area contributed by atoms with E-state index in [4.69, 9.17) is 27.9 Å². The number of nitrogens with one attached hydrogen (secondary N) is 3. The van der Waals surface area contributed by atoms with Crippen LogP contribution >= 0.6 is 23.2 Å². The van der Waals surface area contributed by atoms with E-state index in [2.05, 4.69) is 31.1 Å². The van der Waals surface area contributed by atoms with Crippen LogP contribution in [0, 0.1) is 0 Å². The summed E-state index contributed by atoms with van der Waals surface area (Å²) in [5.41, 5.74) is 0.739. The lowest BCUT2D eigenvalue weighted by atomic mass is 10.1. The SMILES string of the molecule is C=S(=O)(NCCN1CCOCC1)c1ccc(C(=O)Nc2ccc(Cl)cc2C(=O)Nc2ccc(Cl)cn2)cc1. The van der Waals surface area contributed by atoms with Gasteiger partial charge in [-0.3, -0.25) is 14.5 Å². The zero-order valence-corrected chi connectivity index (χ0v) is 22.7. The van der Waals surface area contributed by atoms with Crippen molar-refractivity contribution in [3.63, 3.8) is 0 Å². The Balaban J connectivity index is 1.40. The third-order valence-electron chi connectivity index (χ3n) is 5.81. The van der Waals surface area contributed by atoms with E-state index in [0.717, 1.165) is 19.6 Å². The summed E-state index contributed by atoms with van der Waals surface area (Å²) >= 11 is 11.9. The lowest BCUT2D eigenvalue weighted by molar-refractivity contribution is 0.0390. The van der Waals surface area contributed by atoms with Crippen molar-refractivity contribution in [3.05, 3.63) is 82.0 Å². The first kappa shape index (κ1) is 28.0. The Labute approximate surface area is 231 Å². The molecular weight excluding hydrogens is 549 g/mol. The van der Waals surface area contributed by atoms with Crippen molar-refractivity contribution in [2.45, 2.75) is 4.90 Å². The van der Waals surface area contributed by atoms with Gasteiger partial charge < -0.3 is 15.4 Å². The lowest BCUT2D eigenvalue weighted by Crippen LogP contribution is -2.41. The molecule has 38 heavy (non-hydrogen) atoms. The first-order chi connectivity index (χ1) is 18.2.